The molecule has 0 aromatic heterocycles. The van der Waals surface area contributed by atoms with E-state index in [1.165, 1.54) is 51.6 Å². The van der Waals surface area contributed by atoms with Gasteiger partial charge in [0.2, 0.25) is 0 Å². The highest BCUT2D eigenvalue weighted by Gasteiger charge is 2.34. The zero-order valence-electron chi connectivity index (χ0n) is 11.7. The first-order valence-electron chi connectivity index (χ1n) is 7.68. The summed E-state index contributed by atoms with van der Waals surface area (Å²) in [5, 5.41) is 0. The smallest absolute Gasteiger partial charge is 0.0138 e. The van der Waals surface area contributed by atoms with Crippen molar-refractivity contribution < 1.29 is 0 Å². The molecule has 1 saturated carbocycles. The summed E-state index contributed by atoms with van der Waals surface area (Å²) in [4.78, 5) is 2.76. The molecule has 3 atom stereocenters. The van der Waals surface area contributed by atoms with Crippen LogP contribution >= 0.6 is 0 Å². The lowest BCUT2D eigenvalue weighted by Crippen LogP contribution is -2.49. The van der Waals surface area contributed by atoms with Crippen LogP contribution in [0, 0.1) is 17.8 Å². The maximum Gasteiger partial charge on any atom is 0.0138 e. The lowest BCUT2D eigenvalue weighted by Gasteiger charge is -2.45. The molecule has 1 aliphatic carbocycles. The minimum Gasteiger partial charge on any atom is -0.330 e. The third kappa shape index (κ3) is 3.23. The molecule has 0 spiro atoms. The molecule has 17 heavy (non-hydrogen) atoms. The fourth-order valence-corrected chi connectivity index (χ4v) is 3.75. The van der Waals surface area contributed by atoms with Gasteiger partial charge in [-0.25, -0.2) is 0 Å². The molecule has 0 bridgehead atoms. The van der Waals surface area contributed by atoms with Crippen molar-refractivity contribution in [2.24, 2.45) is 23.5 Å². The van der Waals surface area contributed by atoms with Crippen molar-refractivity contribution >= 4 is 0 Å². The Morgan fingerprint density at radius 1 is 1.12 bits per heavy atom. The number of nitrogens with two attached hydrogens (primary N) is 1. The van der Waals surface area contributed by atoms with Crippen LogP contribution in [0.4, 0.5) is 0 Å². The summed E-state index contributed by atoms with van der Waals surface area (Å²) in [5.74, 6) is 2.67. The van der Waals surface area contributed by atoms with Crippen molar-refractivity contribution in [1.29, 1.82) is 0 Å². The molecule has 1 aliphatic heterocycles. The number of hydrogen-bond donors (Lipinski definition) is 1. The van der Waals surface area contributed by atoms with Gasteiger partial charge in [0.15, 0.2) is 0 Å². The number of piperidine rings is 1. The van der Waals surface area contributed by atoms with Gasteiger partial charge < -0.3 is 10.6 Å². The molecule has 0 aromatic carbocycles. The number of nitrogens with zero attached hydrogens (tertiary/aromatic N) is 1. The Morgan fingerprint density at radius 3 is 2.41 bits per heavy atom. The maximum atomic E-state index is 5.99. The number of rotatable bonds is 3. The maximum absolute atomic E-state index is 5.99. The predicted molar refractivity (Wildman–Crippen MR) is 73.9 cm³/mol. The largest absolute Gasteiger partial charge is 0.330 e. The van der Waals surface area contributed by atoms with Crippen molar-refractivity contribution in [2.45, 2.75) is 58.4 Å². The van der Waals surface area contributed by atoms with Crippen LogP contribution in [0.15, 0.2) is 0 Å². The van der Waals surface area contributed by atoms with Gasteiger partial charge in [-0.05, 0) is 63.1 Å². The number of hydrogen-bond acceptors (Lipinski definition) is 2. The second-order valence-electron chi connectivity index (χ2n) is 6.37. The predicted octanol–water partition coefficient (Wildman–Crippen LogP) is 2.87. The zero-order valence-corrected chi connectivity index (χ0v) is 11.7. The van der Waals surface area contributed by atoms with Crippen molar-refractivity contribution in [3.63, 3.8) is 0 Å². The first-order valence-corrected chi connectivity index (χ1v) is 7.68. The van der Waals surface area contributed by atoms with Crippen molar-refractivity contribution in [3.05, 3.63) is 0 Å². The topological polar surface area (TPSA) is 29.3 Å². The summed E-state index contributed by atoms with van der Waals surface area (Å²) < 4.78 is 0. The Bertz CT molecular complexity index is 221. The normalized spacial score (nSPS) is 37.2. The van der Waals surface area contributed by atoms with E-state index in [9.17, 15) is 0 Å². The highest BCUT2D eigenvalue weighted by molar-refractivity contribution is 4.88. The molecule has 3 unspecified atom stereocenters. The average molecular weight is 238 g/mol. The monoisotopic (exact) mass is 238 g/mol. The molecule has 1 saturated heterocycles. The summed E-state index contributed by atoms with van der Waals surface area (Å²) >= 11 is 0. The van der Waals surface area contributed by atoms with E-state index < -0.39 is 0 Å². The molecular formula is C15H30N2. The van der Waals surface area contributed by atoms with E-state index in [-0.39, 0.29) is 0 Å². The van der Waals surface area contributed by atoms with Gasteiger partial charge in [0.25, 0.3) is 0 Å². The molecule has 1 heterocycles. The minimum atomic E-state index is 0.770. The summed E-state index contributed by atoms with van der Waals surface area (Å²) in [7, 11) is 0. The van der Waals surface area contributed by atoms with Gasteiger partial charge in [-0.1, -0.05) is 26.7 Å². The van der Waals surface area contributed by atoms with Crippen LogP contribution in [0.25, 0.3) is 0 Å². The second-order valence-corrected chi connectivity index (χ2v) is 6.37. The Kier molecular flexibility index (Phi) is 4.87. The van der Waals surface area contributed by atoms with E-state index in [2.05, 4.69) is 18.7 Å². The third-order valence-corrected chi connectivity index (χ3v) is 5.23. The van der Waals surface area contributed by atoms with Crippen LogP contribution in [-0.4, -0.2) is 30.6 Å². The van der Waals surface area contributed by atoms with Crippen LogP contribution in [-0.2, 0) is 0 Å². The fraction of sp³-hybridized carbons (Fsp3) is 1.00. The lowest BCUT2D eigenvalue weighted by molar-refractivity contribution is 0.0542. The van der Waals surface area contributed by atoms with Crippen LogP contribution < -0.4 is 5.73 Å². The summed E-state index contributed by atoms with van der Waals surface area (Å²) in [5.41, 5.74) is 5.99. The van der Waals surface area contributed by atoms with Gasteiger partial charge in [0.05, 0.1) is 0 Å². The van der Waals surface area contributed by atoms with E-state index in [1.54, 1.807) is 0 Å². The minimum absolute atomic E-state index is 0.770. The first kappa shape index (κ1) is 13.4. The lowest BCUT2D eigenvalue weighted by atomic mass is 9.76. The molecule has 2 rings (SSSR count). The summed E-state index contributed by atoms with van der Waals surface area (Å²) in [6, 6.07) is 0.797. The molecule has 2 fully saturated rings. The highest BCUT2D eigenvalue weighted by atomic mass is 15.2. The molecule has 2 aliphatic rings. The van der Waals surface area contributed by atoms with Gasteiger partial charge in [-0.15, -0.1) is 0 Å². The first-order chi connectivity index (χ1) is 8.24. The molecule has 2 heteroatoms. The Hall–Kier alpha value is -0.0800. The quantitative estimate of drug-likeness (QED) is 0.819. The molecule has 100 valence electrons. The molecule has 0 amide bonds. The molecule has 2 N–H and O–H groups in total. The van der Waals surface area contributed by atoms with Gasteiger partial charge in [0, 0.05) is 6.04 Å². The van der Waals surface area contributed by atoms with Crippen molar-refractivity contribution in [2.75, 3.05) is 19.6 Å². The standard InChI is InChI=1S/C15H30N2/c1-3-13-4-5-14(11-16)15(10-13)17-8-6-12(2)7-9-17/h12-15H,3-11,16H2,1-2H3. The Labute approximate surface area is 107 Å². The average Bonchev–Trinajstić information content (AvgIpc) is 2.39. The highest BCUT2D eigenvalue weighted by Crippen LogP contribution is 2.35. The second kappa shape index (κ2) is 6.19. The van der Waals surface area contributed by atoms with E-state index in [1.807, 2.05) is 0 Å². The molecule has 2 nitrogen and oxygen atoms in total. The SMILES string of the molecule is CCC1CCC(CN)C(N2CCC(C)CC2)C1. The van der Waals surface area contributed by atoms with Gasteiger partial charge >= 0.3 is 0 Å². The zero-order chi connectivity index (χ0) is 12.3. The Morgan fingerprint density at radius 2 is 1.82 bits per heavy atom. The van der Waals surface area contributed by atoms with E-state index in [4.69, 9.17) is 5.73 Å². The third-order valence-electron chi connectivity index (χ3n) is 5.23. The van der Waals surface area contributed by atoms with Gasteiger partial charge in [0.1, 0.15) is 0 Å². The molecular weight excluding hydrogens is 208 g/mol. The summed E-state index contributed by atoms with van der Waals surface area (Å²) in [6.45, 7) is 8.28. The van der Waals surface area contributed by atoms with Gasteiger partial charge in [-0.3, -0.25) is 0 Å². The van der Waals surface area contributed by atoms with Gasteiger partial charge in [-0.2, -0.15) is 0 Å². The molecule has 0 radical (unpaired) electrons. The Balaban J connectivity index is 1.94. The number of likely N-dealkylation sites (tertiary alicyclic amines) is 1. The van der Waals surface area contributed by atoms with Crippen LogP contribution in [0.2, 0.25) is 0 Å². The molecule has 0 aromatic rings. The van der Waals surface area contributed by atoms with Crippen LogP contribution in [0.3, 0.4) is 0 Å². The van der Waals surface area contributed by atoms with Crippen molar-refractivity contribution in [1.82, 2.24) is 4.90 Å². The van der Waals surface area contributed by atoms with Crippen LogP contribution in [0.5, 0.6) is 0 Å². The van der Waals surface area contributed by atoms with E-state index in [0.717, 1.165) is 30.3 Å². The van der Waals surface area contributed by atoms with Crippen molar-refractivity contribution in [3.8, 4) is 0 Å². The summed E-state index contributed by atoms with van der Waals surface area (Å²) in [6.07, 6.45) is 8.34. The van der Waals surface area contributed by atoms with Crippen LogP contribution in [0.1, 0.15) is 52.4 Å². The fourth-order valence-electron chi connectivity index (χ4n) is 3.75. The van der Waals surface area contributed by atoms with E-state index in [0.29, 0.717) is 0 Å². The van der Waals surface area contributed by atoms with E-state index >= 15 is 0 Å².